The highest BCUT2D eigenvalue weighted by Crippen LogP contribution is 2.25. The Labute approximate surface area is 229 Å². The van der Waals surface area contributed by atoms with Gasteiger partial charge in [-0.05, 0) is 75.1 Å². The molecule has 7 heteroatoms. The number of rotatable bonds is 9. The van der Waals surface area contributed by atoms with Crippen LogP contribution in [0.2, 0.25) is 10.0 Å². The first-order valence-corrected chi connectivity index (χ1v) is 13.0. The van der Waals surface area contributed by atoms with Crippen molar-refractivity contribution in [1.82, 2.24) is 10.2 Å². The van der Waals surface area contributed by atoms with E-state index < -0.39 is 11.6 Å². The lowest BCUT2D eigenvalue weighted by atomic mass is 10.0. The lowest BCUT2D eigenvalue weighted by Gasteiger charge is -2.34. The zero-order valence-corrected chi connectivity index (χ0v) is 23.5. The predicted molar refractivity (Wildman–Crippen MR) is 150 cm³/mol. The van der Waals surface area contributed by atoms with Gasteiger partial charge in [-0.15, -0.1) is 0 Å². The number of nitrogens with one attached hydrogen (secondary N) is 1. The van der Waals surface area contributed by atoms with E-state index in [0.717, 1.165) is 22.3 Å². The Kier molecular flexibility index (Phi) is 9.63. The van der Waals surface area contributed by atoms with E-state index >= 15 is 0 Å². The van der Waals surface area contributed by atoms with E-state index in [1.165, 1.54) is 0 Å². The first-order valence-electron chi connectivity index (χ1n) is 12.2. The van der Waals surface area contributed by atoms with Crippen LogP contribution in [-0.2, 0) is 22.6 Å². The molecule has 1 atom stereocenters. The predicted octanol–water partition coefficient (Wildman–Crippen LogP) is 6.54. The van der Waals surface area contributed by atoms with Crippen LogP contribution in [0.15, 0.2) is 66.7 Å². The average Bonchev–Trinajstić information content (AvgIpc) is 2.83. The molecular weight excluding hydrogens is 507 g/mol. The first-order chi connectivity index (χ1) is 17.4. The maximum Gasteiger partial charge on any atom is 0.261 e. The van der Waals surface area contributed by atoms with Gasteiger partial charge >= 0.3 is 0 Å². The molecule has 0 heterocycles. The molecule has 3 rings (SSSR count). The molecule has 0 aromatic heterocycles. The molecule has 2 amide bonds. The van der Waals surface area contributed by atoms with Crippen molar-refractivity contribution in [3.63, 3.8) is 0 Å². The second-order valence-electron chi connectivity index (χ2n) is 10.2. The van der Waals surface area contributed by atoms with Crippen LogP contribution < -0.4 is 10.1 Å². The summed E-state index contributed by atoms with van der Waals surface area (Å²) in [5.41, 5.74) is 3.27. The highest BCUT2D eigenvalue weighted by Gasteiger charge is 2.32. The maximum atomic E-state index is 13.7. The Balaban J connectivity index is 1.97. The van der Waals surface area contributed by atoms with Gasteiger partial charge in [0.15, 0.2) is 6.61 Å². The fourth-order valence-corrected chi connectivity index (χ4v) is 4.27. The summed E-state index contributed by atoms with van der Waals surface area (Å²) in [4.78, 5) is 28.9. The van der Waals surface area contributed by atoms with Gasteiger partial charge in [0.2, 0.25) is 5.91 Å². The summed E-state index contributed by atoms with van der Waals surface area (Å²) >= 11 is 12.4. The molecule has 5 nitrogen and oxygen atoms in total. The molecule has 3 aromatic rings. The van der Waals surface area contributed by atoms with Crippen LogP contribution in [-0.4, -0.2) is 34.9 Å². The van der Waals surface area contributed by atoms with Gasteiger partial charge in [-0.2, -0.15) is 0 Å². The minimum atomic E-state index is -0.772. The summed E-state index contributed by atoms with van der Waals surface area (Å²) in [5.74, 6) is 0.0926. The van der Waals surface area contributed by atoms with Gasteiger partial charge in [0.25, 0.3) is 5.91 Å². The number of carbonyl (C=O) groups excluding carboxylic acids is 2. The molecular formula is C30H34Cl2N2O3. The number of benzene rings is 3. The fraction of sp³-hybridized carbons (Fsp3) is 0.333. The lowest BCUT2D eigenvalue weighted by molar-refractivity contribution is -0.143. The minimum Gasteiger partial charge on any atom is -0.483 e. The largest absolute Gasteiger partial charge is 0.483 e. The molecule has 0 radical (unpaired) electrons. The minimum absolute atomic E-state index is 0.168. The van der Waals surface area contributed by atoms with E-state index in [1.54, 1.807) is 23.1 Å². The van der Waals surface area contributed by atoms with E-state index in [1.807, 2.05) is 83.1 Å². The zero-order valence-electron chi connectivity index (χ0n) is 22.0. The third-order valence-corrected chi connectivity index (χ3v) is 6.75. The number of hydrogen-bond acceptors (Lipinski definition) is 3. The van der Waals surface area contributed by atoms with Crippen LogP contribution in [0.1, 0.15) is 43.0 Å². The second-order valence-corrected chi connectivity index (χ2v) is 11.0. The smallest absolute Gasteiger partial charge is 0.261 e. The zero-order chi connectivity index (χ0) is 27.2. The number of carbonyl (C=O) groups is 2. The Morgan fingerprint density at radius 3 is 2.27 bits per heavy atom. The van der Waals surface area contributed by atoms with Crippen molar-refractivity contribution in [2.75, 3.05) is 6.61 Å². The Hall–Kier alpha value is -3.02. The molecule has 0 aliphatic rings. The molecule has 0 unspecified atom stereocenters. The monoisotopic (exact) mass is 540 g/mol. The van der Waals surface area contributed by atoms with Crippen LogP contribution in [0.4, 0.5) is 0 Å². The summed E-state index contributed by atoms with van der Waals surface area (Å²) < 4.78 is 5.95. The molecule has 0 aliphatic carbocycles. The van der Waals surface area contributed by atoms with Gasteiger partial charge in [-0.1, -0.05) is 71.7 Å². The molecule has 0 saturated carbocycles. The molecule has 0 fully saturated rings. The normalized spacial score (nSPS) is 12.1. The quantitative estimate of drug-likeness (QED) is 0.335. The van der Waals surface area contributed by atoms with Gasteiger partial charge in [-0.3, -0.25) is 9.59 Å². The topological polar surface area (TPSA) is 58.6 Å². The maximum absolute atomic E-state index is 13.7. The van der Waals surface area contributed by atoms with Gasteiger partial charge in [0.05, 0.1) is 10.0 Å². The van der Waals surface area contributed by atoms with Crippen molar-refractivity contribution in [2.24, 2.45) is 0 Å². The Morgan fingerprint density at radius 2 is 1.62 bits per heavy atom. The number of halogens is 2. The molecule has 196 valence electrons. The Bertz CT molecular complexity index is 1240. The molecule has 1 N–H and O–H groups in total. The van der Waals surface area contributed by atoms with Crippen LogP contribution in [0.5, 0.6) is 5.75 Å². The molecule has 0 spiro atoms. The number of nitrogens with zero attached hydrogens (tertiary/aromatic N) is 1. The van der Waals surface area contributed by atoms with E-state index in [4.69, 9.17) is 27.9 Å². The highest BCUT2D eigenvalue weighted by atomic mass is 35.5. The number of amides is 2. The summed E-state index contributed by atoms with van der Waals surface area (Å²) in [6.07, 6.45) is 0.347. The molecule has 3 aromatic carbocycles. The van der Waals surface area contributed by atoms with Gasteiger partial charge in [-0.25, -0.2) is 0 Å². The molecule has 0 saturated heterocycles. The Morgan fingerprint density at radius 1 is 0.919 bits per heavy atom. The van der Waals surface area contributed by atoms with Crippen LogP contribution in [0.25, 0.3) is 0 Å². The van der Waals surface area contributed by atoms with Crippen LogP contribution >= 0.6 is 23.2 Å². The molecule has 0 aliphatic heterocycles. The van der Waals surface area contributed by atoms with Crippen molar-refractivity contribution < 1.29 is 14.3 Å². The lowest BCUT2D eigenvalue weighted by Crippen LogP contribution is -2.55. The standard InChI is InChI=1S/C30H34Cl2N2O3/c1-20-10-9-13-27(21(20)2)37-19-28(35)34(18-23-14-15-24(31)25(32)16-23)26(29(36)33-30(3,4)5)17-22-11-7-6-8-12-22/h6-16,26H,17-19H2,1-5H3,(H,33,36)/t26-/m1/s1. The van der Waals surface area contributed by atoms with Crippen molar-refractivity contribution >= 4 is 35.0 Å². The average molecular weight is 542 g/mol. The fourth-order valence-electron chi connectivity index (χ4n) is 3.94. The third-order valence-electron chi connectivity index (χ3n) is 6.01. The van der Waals surface area contributed by atoms with Gasteiger partial charge in [0, 0.05) is 18.5 Å². The molecule has 37 heavy (non-hydrogen) atoms. The van der Waals surface area contributed by atoms with Crippen molar-refractivity contribution in [1.29, 1.82) is 0 Å². The van der Waals surface area contributed by atoms with E-state index in [9.17, 15) is 9.59 Å². The van der Waals surface area contributed by atoms with E-state index in [0.29, 0.717) is 22.2 Å². The molecule has 0 bridgehead atoms. The number of ether oxygens (including phenoxy) is 1. The SMILES string of the molecule is Cc1cccc(OCC(=O)N(Cc2ccc(Cl)c(Cl)c2)[C@H](Cc2ccccc2)C(=O)NC(C)(C)C)c1C. The highest BCUT2D eigenvalue weighted by molar-refractivity contribution is 6.42. The summed E-state index contributed by atoms with van der Waals surface area (Å²) in [7, 11) is 0. The van der Waals surface area contributed by atoms with Crippen LogP contribution in [0, 0.1) is 13.8 Å². The van der Waals surface area contributed by atoms with Crippen LogP contribution in [0.3, 0.4) is 0 Å². The third kappa shape index (κ3) is 8.24. The van der Waals surface area contributed by atoms with E-state index in [-0.39, 0.29) is 25.0 Å². The van der Waals surface area contributed by atoms with Crippen molar-refractivity contribution in [3.8, 4) is 5.75 Å². The summed E-state index contributed by atoms with van der Waals surface area (Å²) in [5, 5.41) is 3.86. The second kappa shape index (κ2) is 12.5. The van der Waals surface area contributed by atoms with Crippen molar-refractivity contribution in [3.05, 3.63) is 99.0 Å². The first kappa shape index (κ1) is 28.5. The van der Waals surface area contributed by atoms with Gasteiger partial charge < -0.3 is 15.0 Å². The van der Waals surface area contributed by atoms with Gasteiger partial charge in [0.1, 0.15) is 11.8 Å². The summed E-state index contributed by atoms with van der Waals surface area (Å²) in [6.45, 7) is 9.66. The van der Waals surface area contributed by atoms with E-state index in [2.05, 4.69) is 5.32 Å². The summed E-state index contributed by atoms with van der Waals surface area (Å²) in [6, 6.07) is 19.8. The van der Waals surface area contributed by atoms with Crippen molar-refractivity contribution in [2.45, 2.75) is 59.2 Å². The number of aryl methyl sites for hydroxylation is 1. The number of hydrogen-bond donors (Lipinski definition) is 1.